The van der Waals surface area contributed by atoms with Crippen LogP contribution in [0.25, 0.3) is 11.4 Å². The third kappa shape index (κ3) is 2.98. The van der Waals surface area contributed by atoms with Gasteiger partial charge < -0.3 is 15.0 Å². The quantitative estimate of drug-likeness (QED) is 0.940. The van der Waals surface area contributed by atoms with Crippen LogP contribution in [-0.2, 0) is 13.6 Å². The molecule has 0 bridgehead atoms. The summed E-state index contributed by atoms with van der Waals surface area (Å²) in [6.45, 7) is 4.44. The number of nitrogens with two attached hydrogens (primary N) is 1. The number of benzene rings is 1. The molecular weight excluding hydrogens is 306 g/mol. The smallest absolute Gasteiger partial charge is 0.140 e. The highest BCUT2D eigenvalue weighted by Gasteiger charge is 2.12. The first kappa shape index (κ1) is 14.1. The van der Waals surface area contributed by atoms with E-state index in [9.17, 15) is 0 Å². The fourth-order valence-corrected chi connectivity index (χ4v) is 2.30. The standard InChI is InChI=1S/C14H18BrN3O/c1-9(2)19-11-6-4-10(5-7-11)14-17-12(8-16)13(15)18(14)3/h4-7,9H,8,16H2,1-3H3. The molecule has 2 aromatic rings. The molecule has 0 radical (unpaired) electrons. The monoisotopic (exact) mass is 323 g/mol. The van der Waals surface area contributed by atoms with E-state index in [4.69, 9.17) is 10.5 Å². The lowest BCUT2D eigenvalue weighted by Crippen LogP contribution is -2.05. The van der Waals surface area contributed by atoms with Gasteiger partial charge in [-0.05, 0) is 54.0 Å². The molecule has 1 aromatic heterocycles. The van der Waals surface area contributed by atoms with Gasteiger partial charge in [-0.15, -0.1) is 0 Å². The molecule has 0 spiro atoms. The van der Waals surface area contributed by atoms with Crippen molar-refractivity contribution in [3.05, 3.63) is 34.6 Å². The molecule has 102 valence electrons. The summed E-state index contributed by atoms with van der Waals surface area (Å²) in [6.07, 6.45) is 0.178. The number of ether oxygens (including phenoxy) is 1. The number of nitrogens with zero attached hydrogens (tertiary/aromatic N) is 2. The van der Waals surface area contributed by atoms with Crippen molar-refractivity contribution in [1.82, 2.24) is 9.55 Å². The minimum Gasteiger partial charge on any atom is -0.491 e. The highest BCUT2D eigenvalue weighted by Crippen LogP contribution is 2.26. The first-order valence-electron chi connectivity index (χ1n) is 6.21. The van der Waals surface area contributed by atoms with Crippen molar-refractivity contribution >= 4 is 15.9 Å². The summed E-state index contributed by atoms with van der Waals surface area (Å²) in [5.41, 5.74) is 7.57. The number of aromatic nitrogens is 2. The van der Waals surface area contributed by atoms with E-state index >= 15 is 0 Å². The van der Waals surface area contributed by atoms with Crippen LogP contribution in [0.2, 0.25) is 0 Å². The lowest BCUT2D eigenvalue weighted by Gasteiger charge is -2.10. The Morgan fingerprint density at radius 3 is 2.42 bits per heavy atom. The third-order valence-corrected chi connectivity index (χ3v) is 3.76. The van der Waals surface area contributed by atoms with Gasteiger partial charge >= 0.3 is 0 Å². The Balaban J connectivity index is 2.32. The first-order chi connectivity index (χ1) is 9.02. The minimum atomic E-state index is 0.178. The van der Waals surface area contributed by atoms with Gasteiger partial charge in [0.2, 0.25) is 0 Å². The maximum atomic E-state index is 5.66. The zero-order chi connectivity index (χ0) is 14.0. The molecule has 2 N–H and O–H groups in total. The van der Waals surface area contributed by atoms with Crippen molar-refractivity contribution in [3.8, 4) is 17.1 Å². The molecule has 1 aromatic carbocycles. The van der Waals surface area contributed by atoms with Gasteiger partial charge in [-0.25, -0.2) is 4.98 Å². The molecule has 0 aliphatic carbocycles. The van der Waals surface area contributed by atoms with Crippen molar-refractivity contribution in [2.45, 2.75) is 26.5 Å². The Kier molecular flexibility index (Phi) is 4.27. The van der Waals surface area contributed by atoms with E-state index in [0.717, 1.165) is 27.4 Å². The Morgan fingerprint density at radius 1 is 1.32 bits per heavy atom. The molecule has 0 fully saturated rings. The van der Waals surface area contributed by atoms with Crippen molar-refractivity contribution in [2.24, 2.45) is 12.8 Å². The molecule has 0 unspecified atom stereocenters. The Labute approximate surface area is 121 Å². The second-order valence-electron chi connectivity index (χ2n) is 4.63. The number of hydrogen-bond acceptors (Lipinski definition) is 3. The summed E-state index contributed by atoms with van der Waals surface area (Å²) in [5.74, 6) is 1.76. The maximum absolute atomic E-state index is 5.66. The summed E-state index contributed by atoms with van der Waals surface area (Å²) in [5, 5.41) is 0. The Morgan fingerprint density at radius 2 is 1.95 bits per heavy atom. The van der Waals surface area contributed by atoms with E-state index in [1.807, 2.05) is 49.7 Å². The molecule has 0 saturated carbocycles. The predicted octanol–water partition coefficient (Wildman–Crippen LogP) is 3.10. The second kappa shape index (κ2) is 5.75. The van der Waals surface area contributed by atoms with Gasteiger partial charge in [-0.3, -0.25) is 0 Å². The van der Waals surface area contributed by atoms with Crippen molar-refractivity contribution < 1.29 is 4.74 Å². The van der Waals surface area contributed by atoms with Crippen molar-refractivity contribution in [2.75, 3.05) is 0 Å². The van der Waals surface area contributed by atoms with E-state index in [-0.39, 0.29) is 6.10 Å². The van der Waals surface area contributed by atoms with Gasteiger partial charge in [-0.2, -0.15) is 0 Å². The number of rotatable bonds is 4. The van der Waals surface area contributed by atoms with Crippen LogP contribution in [-0.4, -0.2) is 15.7 Å². The molecule has 0 saturated heterocycles. The van der Waals surface area contributed by atoms with Crippen molar-refractivity contribution in [1.29, 1.82) is 0 Å². The summed E-state index contributed by atoms with van der Waals surface area (Å²) < 4.78 is 8.54. The Bertz CT molecular complexity index is 561. The van der Waals surface area contributed by atoms with Gasteiger partial charge in [0.15, 0.2) is 0 Å². The van der Waals surface area contributed by atoms with E-state index in [0.29, 0.717) is 6.54 Å². The molecule has 0 atom stereocenters. The average Bonchev–Trinajstić information content (AvgIpc) is 2.66. The lowest BCUT2D eigenvalue weighted by atomic mass is 10.2. The van der Waals surface area contributed by atoms with E-state index in [2.05, 4.69) is 20.9 Å². The van der Waals surface area contributed by atoms with Crippen molar-refractivity contribution in [3.63, 3.8) is 0 Å². The van der Waals surface area contributed by atoms with Crippen LogP contribution in [0.3, 0.4) is 0 Å². The molecule has 5 heteroatoms. The Hall–Kier alpha value is -1.33. The zero-order valence-corrected chi connectivity index (χ0v) is 12.9. The molecular formula is C14H18BrN3O. The summed E-state index contributed by atoms with van der Waals surface area (Å²) in [6, 6.07) is 7.93. The number of halogens is 1. The SMILES string of the molecule is CC(C)Oc1ccc(-c2nc(CN)c(Br)n2C)cc1. The topological polar surface area (TPSA) is 53.1 Å². The van der Waals surface area contributed by atoms with Crippen LogP contribution in [0, 0.1) is 0 Å². The van der Waals surface area contributed by atoms with Gasteiger partial charge in [0, 0.05) is 19.2 Å². The summed E-state index contributed by atoms with van der Waals surface area (Å²) in [7, 11) is 1.96. The van der Waals surface area contributed by atoms with E-state index in [1.54, 1.807) is 0 Å². The van der Waals surface area contributed by atoms with Crippen LogP contribution >= 0.6 is 15.9 Å². The summed E-state index contributed by atoms with van der Waals surface area (Å²) in [4.78, 5) is 4.54. The molecule has 0 aliphatic heterocycles. The van der Waals surface area contributed by atoms with Crippen LogP contribution in [0.5, 0.6) is 5.75 Å². The average molecular weight is 324 g/mol. The fraction of sp³-hybridized carbons (Fsp3) is 0.357. The summed E-state index contributed by atoms with van der Waals surface area (Å²) >= 11 is 3.50. The molecule has 19 heavy (non-hydrogen) atoms. The second-order valence-corrected chi connectivity index (χ2v) is 5.38. The maximum Gasteiger partial charge on any atom is 0.140 e. The highest BCUT2D eigenvalue weighted by molar-refractivity contribution is 9.10. The number of imidazole rings is 1. The van der Waals surface area contributed by atoms with Gasteiger partial charge in [0.05, 0.1) is 11.8 Å². The normalized spacial score (nSPS) is 11.1. The van der Waals surface area contributed by atoms with Gasteiger partial charge in [0.1, 0.15) is 16.2 Å². The number of hydrogen-bond donors (Lipinski definition) is 1. The zero-order valence-electron chi connectivity index (χ0n) is 11.4. The van der Waals surface area contributed by atoms with Crippen LogP contribution in [0.1, 0.15) is 19.5 Å². The largest absolute Gasteiger partial charge is 0.491 e. The first-order valence-corrected chi connectivity index (χ1v) is 7.00. The fourth-order valence-electron chi connectivity index (χ4n) is 1.88. The highest BCUT2D eigenvalue weighted by atomic mass is 79.9. The van der Waals surface area contributed by atoms with Gasteiger partial charge in [-0.1, -0.05) is 0 Å². The van der Waals surface area contributed by atoms with E-state index in [1.165, 1.54) is 0 Å². The van der Waals surface area contributed by atoms with Gasteiger partial charge in [0.25, 0.3) is 0 Å². The van der Waals surface area contributed by atoms with Crippen LogP contribution in [0.4, 0.5) is 0 Å². The molecule has 2 rings (SSSR count). The molecule has 1 heterocycles. The third-order valence-electron chi connectivity index (χ3n) is 2.77. The minimum absolute atomic E-state index is 0.178. The molecule has 0 amide bonds. The molecule has 4 nitrogen and oxygen atoms in total. The van der Waals surface area contributed by atoms with Crippen LogP contribution in [0.15, 0.2) is 28.9 Å². The van der Waals surface area contributed by atoms with Crippen LogP contribution < -0.4 is 10.5 Å². The molecule has 0 aliphatic rings. The van der Waals surface area contributed by atoms with E-state index < -0.39 is 0 Å². The lowest BCUT2D eigenvalue weighted by molar-refractivity contribution is 0.242. The predicted molar refractivity (Wildman–Crippen MR) is 80.0 cm³/mol.